The fourth-order valence-electron chi connectivity index (χ4n) is 2.80. The van der Waals surface area contributed by atoms with Crippen LogP contribution in [0.15, 0.2) is 60.7 Å². The van der Waals surface area contributed by atoms with Crippen LogP contribution < -0.4 is 0 Å². The molecule has 0 aromatic heterocycles. The molecule has 0 radical (unpaired) electrons. The monoisotopic (exact) mass is 514 g/mol. The number of rotatable bonds is 10. The Hall–Kier alpha value is -1.60. The Morgan fingerprint density at radius 1 is 0.529 bits per heavy atom. The summed E-state index contributed by atoms with van der Waals surface area (Å²) in [6.45, 7) is 8.21. The summed E-state index contributed by atoms with van der Waals surface area (Å²) in [5.74, 6) is 0. The third kappa shape index (κ3) is 10.3. The van der Waals surface area contributed by atoms with Gasteiger partial charge in [0.2, 0.25) is 0 Å². The first-order valence-electron chi connectivity index (χ1n) is 11.1. The molecule has 0 aliphatic carbocycles. The number of phosphoric acid groups is 2. The van der Waals surface area contributed by atoms with Gasteiger partial charge in [0.15, 0.2) is 0 Å². The van der Waals surface area contributed by atoms with Crippen molar-refractivity contribution in [3.8, 4) is 0 Å². The van der Waals surface area contributed by atoms with Crippen LogP contribution in [0.3, 0.4) is 0 Å². The van der Waals surface area contributed by atoms with Crippen molar-refractivity contribution >= 4 is 37.2 Å². The van der Waals surface area contributed by atoms with Gasteiger partial charge in [0.1, 0.15) is 0 Å². The lowest BCUT2D eigenvalue weighted by atomic mass is 10.0. The second kappa shape index (κ2) is 16.1. The largest absolute Gasteiger partial charge is 0.474 e. The summed E-state index contributed by atoms with van der Waals surface area (Å²) in [5.41, 5.74) is 0. The lowest BCUT2D eigenvalue weighted by Gasteiger charge is -2.12. The topological polar surface area (TPSA) is 89.5 Å². The van der Waals surface area contributed by atoms with Crippen molar-refractivity contribution in [3.63, 3.8) is 0 Å². The van der Waals surface area contributed by atoms with Crippen molar-refractivity contribution < 1.29 is 36.3 Å². The normalized spacial score (nSPS) is 11.5. The molecule has 0 aliphatic rings. The van der Waals surface area contributed by atoms with E-state index >= 15 is 0 Å². The first-order valence-corrected chi connectivity index (χ1v) is 14.0. The molecule has 3 aromatic carbocycles. The molecular weight excluding hydrogens is 478 g/mol. The fraction of sp³-hybridized carbons (Fsp3) is 0.417. The predicted octanol–water partition coefficient (Wildman–Crippen LogP) is 7.62. The van der Waals surface area contributed by atoms with E-state index in [0.29, 0.717) is 26.4 Å². The molecule has 0 atom stereocenters. The molecule has 0 spiro atoms. The van der Waals surface area contributed by atoms with Crippen LogP contribution in [-0.2, 0) is 36.3 Å². The Morgan fingerprint density at radius 3 is 0.941 bits per heavy atom. The average Bonchev–Trinajstić information content (AvgIpc) is 2.84. The van der Waals surface area contributed by atoms with Crippen molar-refractivity contribution in [2.45, 2.75) is 27.7 Å². The average molecular weight is 514 g/mol. The van der Waals surface area contributed by atoms with Gasteiger partial charge >= 0.3 is 15.6 Å². The quantitative estimate of drug-likeness (QED) is 0.202. The summed E-state index contributed by atoms with van der Waals surface area (Å²) in [7, 11) is -3.81. The summed E-state index contributed by atoms with van der Waals surface area (Å²) in [4.78, 5) is 0. The molecule has 0 fully saturated rings. The van der Waals surface area contributed by atoms with E-state index in [4.69, 9.17) is 18.1 Å². The van der Waals surface area contributed by atoms with Crippen LogP contribution in [0, 0.1) is 0 Å². The van der Waals surface area contributed by atoms with Gasteiger partial charge in [-0.05, 0) is 61.4 Å². The van der Waals surface area contributed by atoms with E-state index < -0.39 is 15.6 Å². The first-order chi connectivity index (χ1) is 16.3. The molecule has 10 heteroatoms. The maximum atomic E-state index is 11.1. The molecule has 8 nitrogen and oxygen atoms in total. The van der Waals surface area contributed by atoms with Gasteiger partial charge in [0.25, 0.3) is 0 Å². The molecule has 0 saturated carbocycles. The summed E-state index contributed by atoms with van der Waals surface area (Å²) in [6, 6.07) is 21.4. The molecule has 0 saturated heterocycles. The van der Waals surface area contributed by atoms with Crippen LogP contribution >= 0.6 is 15.6 Å². The van der Waals surface area contributed by atoms with Crippen LogP contribution in [0.4, 0.5) is 0 Å². The Kier molecular flexibility index (Phi) is 14.4. The predicted molar refractivity (Wildman–Crippen MR) is 137 cm³/mol. The zero-order valence-electron chi connectivity index (χ0n) is 20.8. The minimum absolute atomic E-state index is 0.325. The Labute approximate surface area is 202 Å². The maximum absolute atomic E-state index is 11.1. The summed E-state index contributed by atoms with van der Waals surface area (Å²) >= 11 is 0. The molecule has 0 N–H and O–H groups in total. The van der Waals surface area contributed by atoms with Crippen molar-refractivity contribution in [2.24, 2.45) is 0 Å². The van der Waals surface area contributed by atoms with Gasteiger partial charge in [0, 0.05) is 14.2 Å². The van der Waals surface area contributed by atoms with E-state index in [1.165, 1.54) is 35.8 Å². The third-order valence-electron chi connectivity index (χ3n) is 4.21. The number of phosphoric ester groups is 2. The minimum atomic E-state index is -3.20. The van der Waals surface area contributed by atoms with Gasteiger partial charge in [-0.3, -0.25) is 27.1 Å². The minimum Gasteiger partial charge on any atom is -0.290 e. The number of hydrogen-bond donors (Lipinski definition) is 0. The van der Waals surface area contributed by atoms with Crippen molar-refractivity contribution in [1.29, 1.82) is 0 Å². The summed E-state index contributed by atoms with van der Waals surface area (Å²) in [5, 5.41) is 5.25. The van der Waals surface area contributed by atoms with Gasteiger partial charge in [0.05, 0.1) is 26.4 Å². The SMILES string of the molecule is CCOP(=O)(OC)OCC.CCOP(=O)(OC)OCC.c1ccc2cc3ccccc3cc2c1. The highest BCUT2D eigenvalue weighted by molar-refractivity contribution is 7.48. The smallest absolute Gasteiger partial charge is 0.290 e. The molecule has 0 bridgehead atoms. The van der Waals surface area contributed by atoms with Crippen LogP contribution in [0.25, 0.3) is 21.5 Å². The maximum Gasteiger partial charge on any atom is 0.474 e. The zero-order valence-corrected chi connectivity index (χ0v) is 22.6. The summed E-state index contributed by atoms with van der Waals surface area (Å²) < 4.78 is 50.2. The second-order valence-electron chi connectivity index (χ2n) is 6.48. The second-order valence-corrected chi connectivity index (χ2v) is 10.0. The fourth-order valence-corrected chi connectivity index (χ4v) is 4.64. The van der Waals surface area contributed by atoms with Crippen LogP contribution in [0.2, 0.25) is 0 Å². The van der Waals surface area contributed by atoms with E-state index in [1.54, 1.807) is 27.7 Å². The van der Waals surface area contributed by atoms with Crippen molar-refractivity contribution in [2.75, 3.05) is 40.6 Å². The van der Waals surface area contributed by atoms with E-state index in [2.05, 4.69) is 69.7 Å². The first kappa shape index (κ1) is 30.4. The molecule has 3 rings (SSSR count). The molecular formula is C24H36O8P2. The molecule has 0 amide bonds. The van der Waals surface area contributed by atoms with Crippen LogP contribution in [0.1, 0.15) is 27.7 Å². The Bertz CT molecular complexity index is 918. The summed E-state index contributed by atoms with van der Waals surface area (Å²) in [6.07, 6.45) is 0. The van der Waals surface area contributed by atoms with Gasteiger partial charge < -0.3 is 0 Å². The zero-order chi connectivity index (χ0) is 25.5. The molecule has 0 heterocycles. The van der Waals surface area contributed by atoms with Crippen LogP contribution in [-0.4, -0.2) is 40.6 Å². The lowest BCUT2D eigenvalue weighted by molar-refractivity contribution is 0.140. The number of fused-ring (bicyclic) bond motifs is 2. The van der Waals surface area contributed by atoms with Gasteiger partial charge in [-0.15, -0.1) is 0 Å². The molecule has 0 aliphatic heterocycles. The third-order valence-corrected chi connectivity index (χ3v) is 7.40. The van der Waals surface area contributed by atoms with Gasteiger partial charge in [-0.25, -0.2) is 9.13 Å². The Balaban J connectivity index is 0.000000263. The molecule has 190 valence electrons. The highest BCUT2D eigenvalue weighted by Gasteiger charge is 2.22. The number of hydrogen-bond acceptors (Lipinski definition) is 8. The Morgan fingerprint density at radius 2 is 0.765 bits per heavy atom. The van der Waals surface area contributed by atoms with Gasteiger partial charge in [-0.2, -0.15) is 0 Å². The number of benzene rings is 3. The van der Waals surface area contributed by atoms with Crippen molar-refractivity contribution in [3.05, 3.63) is 60.7 Å². The van der Waals surface area contributed by atoms with Crippen molar-refractivity contribution in [1.82, 2.24) is 0 Å². The van der Waals surface area contributed by atoms with Gasteiger partial charge in [-0.1, -0.05) is 48.5 Å². The highest BCUT2D eigenvalue weighted by atomic mass is 31.2. The van der Waals surface area contributed by atoms with E-state index in [1.807, 2.05) is 0 Å². The lowest BCUT2D eigenvalue weighted by Crippen LogP contribution is -1.96. The van der Waals surface area contributed by atoms with Crippen LogP contribution in [0.5, 0.6) is 0 Å². The van der Waals surface area contributed by atoms with E-state index in [9.17, 15) is 9.13 Å². The van der Waals surface area contributed by atoms with E-state index in [-0.39, 0.29) is 0 Å². The highest BCUT2D eigenvalue weighted by Crippen LogP contribution is 2.48. The molecule has 34 heavy (non-hydrogen) atoms. The molecule has 0 unspecified atom stereocenters. The molecule has 3 aromatic rings. The van der Waals surface area contributed by atoms with E-state index in [0.717, 1.165) is 0 Å². The standard InChI is InChI=1S/C14H10.2C5H13O4P/c1-2-6-12-10-14-8-4-3-7-13(14)9-11(12)5-1;2*1-4-8-10(6,7-3)9-5-2/h1-10H;2*4-5H2,1-3H3.